The molecule has 0 unspecified atom stereocenters. The average molecular weight is 358 g/mol. The van der Waals surface area contributed by atoms with E-state index in [1.807, 2.05) is 31.2 Å². The van der Waals surface area contributed by atoms with E-state index in [1.165, 1.54) is 23.1 Å². The fourth-order valence-corrected chi connectivity index (χ4v) is 2.49. The van der Waals surface area contributed by atoms with E-state index < -0.39 is 4.92 Å². The predicted molar refractivity (Wildman–Crippen MR) is 97.7 cm³/mol. The van der Waals surface area contributed by atoms with Gasteiger partial charge in [0.1, 0.15) is 5.75 Å². The van der Waals surface area contributed by atoms with E-state index in [-0.39, 0.29) is 22.9 Å². The van der Waals surface area contributed by atoms with Crippen LogP contribution in [0.4, 0.5) is 5.69 Å². The van der Waals surface area contributed by atoms with Crippen molar-refractivity contribution in [1.82, 2.24) is 4.90 Å². The summed E-state index contributed by atoms with van der Waals surface area (Å²) in [5, 5.41) is 11.2. The molecule has 2 rings (SSSR count). The van der Waals surface area contributed by atoms with E-state index in [1.54, 1.807) is 14.0 Å². The molecule has 0 aliphatic heterocycles. The third kappa shape index (κ3) is 4.72. The smallest absolute Gasteiger partial charge is 0.311 e. The van der Waals surface area contributed by atoms with Crippen molar-refractivity contribution in [2.24, 2.45) is 0 Å². The van der Waals surface area contributed by atoms with Gasteiger partial charge in [-0.15, -0.1) is 0 Å². The van der Waals surface area contributed by atoms with Crippen LogP contribution in [0, 0.1) is 10.1 Å². The lowest BCUT2D eigenvalue weighted by molar-refractivity contribution is -0.385. The Hall–Kier alpha value is -3.09. The zero-order chi connectivity index (χ0) is 19.1. The number of hydrogen-bond acceptors (Lipinski definition) is 5. The molecule has 0 saturated heterocycles. The number of rotatable bonds is 8. The maximum atomic E-state index is 12.6. The van der Waals surface area contributed by atoms with E-state index >= 15 is 0 Å². The van der Waals surface area contributed by atoms with E-state index in [0.29, 0.717) is 19.8 Å². The first kappa shape index (κ1) is 19.2. The Kier molecular flexibility index (Phi) is 6.54. The second-order valence-corrected chi connectivity index (χ2v) is 5.61. The largest absolute Gasteiger partial charge is 0.494 e. The molecule has 0 heterocycles. The number of ether oxygens (including phenoxy) is 2. The minimum atomic E-state index is -0.547. The summed E-state index contributed by atoms with van der Waals surface area (Å²) in [7, 11) is 1.65. The molecule has 0 saturated carbocycles. The molecular formula is C19H22N2O5. The van der Waals surface area contributed by atoms with Crippen LogP contribution < -0.4 is 9.47 Å². The van der Waals surface area contributed by atoms with Crippen molar-refractivity contribution in [2.45, 2.75) is 20.4 Å². The monoisotopic (exact) mass is 358 g/mol. The first-order chi connectivity index (χ1) is 12.5. The van der Waals surface area contributed by atoms with Crippen molar-refractivity contribution < 1.29 is 19.2 Å². The number of amides is 1. The van der Waals surface area contributed by atoms with Gasteiger partial charge in [0.15, 0.2) is 5.75 Å². The zero-order valence-electron chi connectivity index (χ0n) is 15.1. The number of carbonyl (C=O) groups excluding carboxylic acids is 1. The average Bonchev–Trinajstić information content (AvgIpc) is 2.63. The van der Waals surface area contributed by atoms with Crippen LogP contribution in [0.15, 0.2) is 42.5 Å². The van der Waals surface area contributed by atoms with Gasteiger partial charge < -0.3 is 14.4 Å². The molecule has 0 bridgehead atoms. The molecule has 1 amide bonds. The fourth-order valence-electron chi connectivity index (χ4n) is 2.49. The minimum Gasteiger partial charge on any atom is -0.494 e. The van der Waals surface area contributed by atoms with Crippen LogP contribution >= 0.6 is 0 Å². The SMILES string of the molecule is CCOc1ccc(CN(C)C(=O)c2ccc(OCC)c([N+](=O)[O-])c2)cc1. The Morgan fingerprint density at radius 1 is 1.08 bits per heavy atom. The molecule has 0 aliphatic carbocycles. The van der Waals surface area contributed by atoms with Crippen LogP contribution in [0.3, 0.4) is 0 Å². The summed E-state index contributed by atoms with van der Waals surface area (Å²) in [5.41, 5.74) is 0.963. The molecule has 0 aromatic heterocycles. The van der Waals surface area contributed by atoms with Gasteiger partial charge in [0.25, 0.3) is 5.91 Å². The van der Waals surface area contributed by atoms with Gasteiger partial charge in [-0.05, 0) is 43.7 Å². The van der Waals surface area contributed by atoms with Crippen molar-refractivity contribution >= 4 is 11.6 Å². The second-order valence-electron chi connectivity index (χ2n) is 5.61. The van der Waals surface area contributed by atoms with Crippen LogP contribution in [0.25, 0.3) is 0 Å². The van der Waals surface area contributed by atoms with Crippen molar-refractivity contribution in [2.75, 3.05) is 20.3 Å². The van der Waals surface area contributed by atoms with Gasteiger partial charge in [-0.2, -0.15) is 0 Å². The predicted octanol–water partition coefficient (Wildman–Crippen LogP) is 3.66. The second kappa shape index (κ2) is 8.84. The van der Waals surface area contributed by atoms with Crippen LogP contribution in [0.2, 0.25) is 0 Å². The van der Waals surface area contributed by atoms with Crippen molar-refractivity contribution in [3.05, 3.63) is 63.7 Å². The number of benzene rings is 2. The minimum absolute atomic E-state index is 0.156. The van der Waals surface area contributed by atoms with Gasteiger partial charge in [0, 0.05) is 25.2 Å². The Morgan fingerprint density at radius 2 is 1.73 bits per heavy atom. The maximum Gasteiger partial charge on any atom is 0.311 e. The summed E-state index contributed by atoms with van der Waals surface area (Å²) in [6.07, 6.45) is 0. The standard InChI is InChI=1S/C19H22N2O5/c1-4-25-16-9-6-14(7-10-16)13-20(3)19(22)15-8-11-18(26-5-2)17(12-15)21(23)24/h6-12H,4-5,13H2,1-3H3. The summed E-state index contributed by atoms with van der Waals surface area (Å²) < 4.78 is 10.6. The van der Waals surface area contributed by atoms with E-state index in [0.717, 1.165) is 11.3 Å². The molecule has 26 heavy (non-hydrogen) atoms. The highest BCUT2D eigenvalue weighted by Crippen LogP contribution is 2.28. The first-order valence-electron chi connectivity index (χ1n) is 8.34. The lowest BCUT2D eigenvalue weighted by Crippen LogP contribution is -2.26. The number of carbonyl (C=O) groups is 1. The molecule has 0 radical (unpaired) electrons. The summed E-state index contributed by atoms with van der Waals surface area (Å²) >= 11 is 0. The highest BCUT2D eigenvalue weighted by molar-refractivity contribution is 5.95. The topological polar surface area (TPSA) is 81.9 Å². The van der Waals surface area contributed by atoms with Crippen LogP contribution in [0.1, 0.15) is 29.8 Å². The van der Waals surface area contributed by atoms with Crippen molar-refractivity contribution in [3.63, 3.8) is 0 Å². The molecule has 0 N–H and O–H groups in total. The maximum absolute atomic E-state index is 12.6. The van der Waals surface area contributed by atoms with Gasteiger partial charge in [0.2, 0.25) is 0 Å². The lowest BCUT2D eigenvalue weighted by Gasteiger charge is -2.18. The number of nitro groups is 1. The molecule has 0 aliphatic rings. The third-order valence-electron chi connectivity index (χ3n) is 3.70. The molecular weight excluding hydrogens is 336 g/mol. The van der Waals surface area contributed by atoms with Gasteiger partial charge in [0.05, 0.1) is 18.1 Å². The fraction of sp³-hybridized carbons (Fsp3) is 0.316. The Labute approximate surface area is 152 Å². The molecule has 0 atom stereocenters. The Morgan fingerprint density at radius 3 is 2.31 bits per heavy atom. The number of hydrogen-bond donors (Lipinski definition) is 0. The number of nitrogens with zero attached hydrogens (tertiary/aromatic N) is 2. The highest BCUT2D eigenvalue weighted by Gasteiger charge is 2.20. The molecule has 7 nitrogen and oxygen atoms in total. The summed E-state index contributed by atoms with van der Waals surface area (Å²) in [5.74, 6) is 0.626. The highest BCUT2D eigenvalue weighted by atomic mass is 16.6. The van der Waals surface area contributed by atoms with Gasteiger partial charge in [-0.3, -0.25) is 14.9 Å². The normalized spacial score (nSPS) is 10.3. The van der Waals surface area contributed by atoms with Crippen molar-refractivity contribution in [1.29, 1.82) is 0 Å². The summed E-state index contributed by atoms with van der Waals surface area (Å²) in [6, 6.07) is 11.7. The molecule has 138 valence electrons. The summed E-state index contributed by atoms with van der Waals surface area (Å²) in [6.45, 7) is 4.94. The molecule has 7 heteroatoms. The van der Waals surface area contributed by atoms with Crippen molar-refractivity contribution in [3.8, 4) is 11.5 Å². The molecule has 2 aromatic carbocycles. The van der Waals surface area contributed by atoms with Crippen LogP contribution in [-0.4, -0.2) is 36.0 Å². The van der Waals surface area contributed by atoms with E-state index in [4.69, 9.17) is 9.47 Å². The molecule has 2 aromatic rings. The zero-order valence-corrected chi connectivity index (χ0v) is 15.1. The van der Waals surface area contributed by atoms with Crippen LogP contribution in [-0.2, 0) is 6.54 Å². The van der Waals surface area contributed by atoms with Gasteiger partial charge in [-0.1, -0.05) is 12.1 Å². The van der Waals surface area contributed by atoms with Gasteiger partial charge >= 0.3 is 5.69 Å². The molecule has 0 fully saturated rings. The molecule has 0 spiro atoms. The van der Waals surface area contributed by atoms with E-state index in [9.17, 15) is 14.9 Å². The quantitative estimate of drug-likeness (QED) is 0.531. The lowest BCUT2D eigenvalue weighted by atomic mass is 10.1. The van der Waals surface area contributed by atoms with Gasteiger partial charge in [-0.25, -0.2) is 0 Å². The number of nitro benzene ring substituents is 1. The Balaban J connectivity index is 2.14. The van der Waals surface area contributed by atoms with Crippen LogP contribution in [0.5, 0.6) is 11.5 Å². The summed E-state index contributed by atoms with van der Waals surface area (Å²) in [4.78, 5) is 24.8. The third-order valence-corrected chi connectivity index (χ3v) is 3.70. The van der Waals surface area contributed by atoms with E-state index in [2.05, 4.69) is 0 Å². The first-order valence-corrected chi connectivity index (χ1v) is 8.34. The Bertz CT molecular complexity index is 774.